The molecule has 0 bridgehead atoms. The third-order valence-electron chi connectivity index (χ3n) is 3.78. The molecule has 3 aromatic rings. The van der Waals surface area contributed by atoms with Crippen LogP contribution in [-0.4, -0.2) is 17.3 Å². The number of benzene rings is 3. The van der Waals surface area contributed by atoms with Crippen molar-refractivity contribution in [2.24, 2.45) is 4.99 Å². The Kier molecular flexibility index (Phi) is 6.39. The molecule has 0 amide bonds. The lowest BCUT2D eigenvalue weighted by Crippen LogP contribution is -2.09. The van der Waals surface area contributed by atoms with Crippen LogP contribution in [0.5, 0.6) is 11.5 Å². The van der Waals surface area contributed by atoms with Gasteiger partial charge in [-0.15, -0.1) is 0 Å². The lowest BCUT2D eigenvalue weighted by molar-refractivity contribution is 0.0729. The van der Waals surface area contributed by atoms with Gasteiger partial charge in [-0.05, 0) is 49.4 Å². The highest BCUT2D eigenvalue weighted by Gasteiger charge is 2.15. The van der Waals surface area contributed by atoms with Crippen LogP contribution in [0.2, 0.25) is 10.0 Å². The largest absolute Gasteiger partial charge is 0.504 e. The lowest BCUT2D eigenvalue weighted by atomic mass is 10.1. The third kappa shape index (κ3) is 4.93. The molecule has 142 valence electrons. The molecule has 3 rings (SSSR count). The average Bonchev–Trinajstić information content (AvgIpc) is 2.64. The Morgan fingerprint density at radius 2 is 1.93 bits per heavy atom. The number of phenols is 1. The molecule has 0 saturated heterocycles. The van der Waals surface area contributed by atoms with E-state index in [9.17, 15) is 9.90 Å². The van der Waals surface area contributed by atoms with Gasteiger partial charge in [0, 0.05) is 21.3 Å². The number of hydrogen-bond acceptors (Lipinski definition) is 4. The first-order valence-corrected chi connectivity index (χ1v) is 9.69. The maximum absolute atomic E-state index is 12.4. The number of carbonyl (C=O) groups excluding carboxylic acids is 1. The average molecular weight is 479 g/mol. The Morgan fingerprint density at radius 1 is 1.14 bits per heavy atom. The predicted molar refractivity (Wildman–Crippen MR) is 116 cm³/mol. The van der Waals surface area contributed by atoms with E-state index in [2.05, 4.69) is 20.9 Å². The molecule has 4 nitrogen and oxygen atoms in total. The van der Waals surface area contributed by atoms with Crippen molar-refractivity contribution in [3.63, 3.8) is 0 Å². The Morgan fingerprint density at radius 3 is 2.64 bits per heavy atom. The normalized spacial score (nSPS) is 11.0. The standard InChI is InChI=1S/C21H14BrCl2NO3/c1-12-3-2-4-13(7-12)21(27)28-19-9-15(22)8-14(20(19)26)11-25-18-6-5-16(23)10-17(18)24/h2-11,26H,1H3. The summed E-state index contributed by atoms with van der Waals surface area (Å²) in [7, 11) is 0. The van der Waals surface area contributed by atoms with E-state index in [1.807, 2.05) is 13.0 Å². The summed E-state index contributed by atoms with van der Waals surface area (Å²) in [6, 6.07) is 15.1. The number of rotatable bonds is 4. The molecule has 3 aromatic carbocycles. The molecule has 0 aliphatic carbocycles. The molecule has 0 saturated carbocycles. The van der Waals surface area contributed by atoms with E-state index in [4.69, 9.17) is 27.9 Å². The zero-order valence-electron chi connectivity index (χ0n) is 14.6. The van der Waals surface area contributed by atoms with E-state index in [1.165, 1.54) is 12.3 Å². The molecule has 0 spiro atoms. The molecule has 0 atom stereocenters. The van der Waals surface area contributed by atoms with Gasteiger partial charge in [-0.25, -0.2) is 4.79 Å². The minimum absolute atomic E-state index is 0.0181. The SMILES string of the molecule is Cc1cccc(C(=O)Oc2cc(Br)cc(C=Nc3ccc(Cl)cc3Cl)c2O)c1. The fourth-order valence-electron chi connectivity index (χ4n) is 2.43. The fraction of sp³-hybridized carbons (Fsp3) is 0.0476. The quantitative estimate of drug-likeness (QED) is 0.256. The second-order valence-electron chi connectivity index (χ2n) is 5.95. The summed E-state index contributed by atoms with van der Waals surface area (Å²) in [5.74, 6) is -0.761. The van der Waals surface area contributed by atoms with Crippen LogP contribution in [0, 0.1) is 6.92 Å². The lowest BCUT2D eigenvalue weighted by Gasteiger charge is -2.10. The monoisotopic (exact) mass is 477 g/mol. The predicted octanol–water partition coefficient (Wildman–Crippen LogP) is 6.74. The molecule has 0 aliphatic heterocycles. The van der Waals surface area contributed by atoms with E-state index in [0.717, 1.165) is 5.56 Å². The fourth-order valence-corrected chi connectivity index (χ4v) is 3.34. The van der Waals surface area contributed by atoms with Gasteiger partial charge in [-0.1, -0.05) is 56.8 Å². The Bertz CT molecular complexity index is 1080. The number of esters is 1. The van der Waals surface area contributed by atoms with Gasteiger partial charge in [0.15, 0.2) is 11.5 Å². The summed E-state index contributed by atoms with van der Waals surface area (Å²) in [4.78, 5) is 16.7. The van der Waals surface area contributed by atoms with Crippen molar-refractivity contribution in [3.8, 4) is 11.5 Å². The minimum atomic E-state index is -0.569. The number of hydrogen-bond donors (Lipinski definition) is 1. The van der Waals surface area contributed by atoms with Crippen molar-refractivity contribution < 1.29 is 14.6 Å². The second kappa shape index (κ2) is 8.78. The first kappa shape index (κ1) is 20.4. The summed E-state index contributed by atoms with van der Waals surface area (Å²) in [5, 5.41) is 11.4. The maximum Gasteiger partial charge on any atom is 0.343 e. The van der Waals surface area contributed by atoms with Crippen molar-refractivity contribution in [2.45, 2.75) is 6.92 Å². The van der Waals surface area contributed by atoms with Gasteiger partial charge < -0.3 is 9.84 Å². The Labute approximate surface area is 180 Å². The molecular formula is C21H14BrCl2NO3. The number of carbonyl (C=O) groups is 1. The summed E-state index contributed by atoms with van der Waals surface area (Å²) >= 11 is 15.3. The number of halogens is 3. The molecule has 1 N–H and O–H groups in total. The molecule has 28 heavy (non-hydrogen) atoms. The number of aryl methyl sites for hydroxylation is 1. The van der Waals surface area contributed by atoms with Gasteiger partial charge in [0.1, 0.15) is 0 Å². The maximum atomic E-state index is 12.4. The van der Waals surface area contributed by atoms with E-state index in [0.29, 0.717) is 31.3 Å². The van der Waals surface area contributed by atoms with E-state index >= 15 is 0 Å². The van der Waals surface area contributed by atoms with Crippen LogP contribution in [-0.2, 0) is 0 Å². The zero-order chi connectivity index (χ0) is 20.3. The molecular weight excluding hydrogens is 465 g/mol. The van der Waals surface area contributed by atoms with Crippen LogP contribution in [0.1, 0.15) is 21.5 Å². The van der Waals surface area contributed by atoms with Crippen LogP contribution in [0.15, 0.2) is 64.1 Å². The van der Waals surface area contributed by atoms with Crippen molar-refractivity contribution in [3.05, 3.63) is 85.8 Å². The number of nitrogens with zero attached hydrogens (tertiary/aromatic N) is 1. The van der Waals surface area contributed by atoms with Crippen LogP contribution in [0.4, 0.5) is 5.69 Å². The number of aliphatic imine (C=N–C) groups is 1. The van der Waals surface area contributed by atoms with Gasteiger partial charge >= 0.3 is 5.97 Å². The highest BCUT2D eigenvalue weighted by Crippen LogP contribution is 2.34. The topological polar surface area (TPSA) is 58.9 Å². The Hall–Kier alpha value is -2.34. The van der Waals surface area contributed by atoms with E-state index < -0.39 is 5.97 Å². The smallest absolute Gasteiger partial charge is 0.343 e. The molecule has 7 heteroatoms. The summed E-state index contributed by atoms with van der Waals surface area (Å²) in [6.07, 6.45) is 1.43. The number of ether oxygens (including phenoxy) is 1. The molecule has 0 aromatic heterocycles. The van der Waals surface area contributed by atoms with Gasteiger partial charge in [0.25, 0.3) is 0 Å². The second-order valence-corrected chi connectivity index (χ2v) is 7.71. The Balaban J connectivity index is 1.89. The third-order valence-corrected chi connectivity index (χ3v) is 4.77. The molecule has 0 unspecified atom stereocenters. The minimum Gasteiger partial charge on any atom is -0.504 e. The van der Waals surface area contributed by atoms with Crippen LogP contribution in [0.3, 0.4) is 0 Å². The highest BCUT2D eigenvalue weighted by molar-refractivity contribution is 9.10. The highest BCUT2D eigenvalue weighted by atomic mass is 79.9. The van der Waals surface area contributed by atoms with Crippen LogP contribution < -0.4 is 4.74 Å². The van der Waals surface area contributed by atoms with Gasteiger partial charge in [0.2, 0.25) is 0 Å². The summed E-state index contributed by atoms with van der Waals surface area (Å²) in [5.41, 5.74) is 2.17. The molecule has 0 radical (unpaired) electrons. The molecule has 0 fully saturated rings. The first-order chi connectivity index (χ1) is 13.3. The van der Waals surface area contributed by atoms with Gasteiger partial charge in [-0.3, -0.25) is 4.99 Å². The number of phenolic OH excluding ortho intramolecular Hbond substituents is 1. The van der Waals surface area contributed by atoms with Crippen molar-refractivity contribution >= 4 is 57.0 Å². The van der Waals surface area contributed by atoms with Crippen molar-refractivity contribution in [1.82, 2.24) is 0 Å². The summed E-state index contributed by atoms with van der Waals surface area (Å²) < 4.78 is 5.99. The van der Waals surface area contributed by atoms with E-state index in [-0.39, 0.29) is 11.5 Å². The number of aromatic hydroxyl groups is 1. The molecule has 0 aliphatic rings. The van der Waals surface area contributed by atoms with Crippen LogP contribution in [0.25, 0.3) is 0 Å². The van der Waals surface area contributed by atoms with E-state index in [1.54, 1.807) is 42.5 Å². The van der Waals surface area contributed by atoms with Gasteiger partial charge in [-0.2, -0.15) is 0 Å². The zero-order valence-corrected chi connectivity index (χ0v) is 17.7. The van der Waals surface area contributed by atoms with Crippen LogP contribution >= 0.6 is 39.1 Å². The van der Waals surface area contributed by atoms with Crippen molar-refractivity contribution in [2.75, 3.05) is 0 Å². The van der Waals surface area contributed by atoms with Crippen molar-refractivity contribution in [1.29, 1.82) is 0 Å². The first-order valence-electron chi connectivity index (χ1n) is 8.14. The van der Waals surface area contributed by atoms with Gasteiger partial charge in [0.05, 0.1) is 16.3 Å². The summed E-state index contributed by atoms with van der Waals surface area (Å²) in [6.45, 7) is 1.88. The molecule has 0 heterocycles.